The van der Waals surface area contributed by atoms with Crippen LogP contribution in [0.2, 0.25) is 0 Å². The summed E-state index contributed by atoms with van der Waals surface area (Å²) < 4.78 is 0. The van der Waals surface area contributed by atoms with Crippen molar-refractivity contribution in [2.75, 3.05) is 0 Å². The lowest BCUT2D eigenvalue weighted by molar-refractivity contribution is 0.643. The maximum atomic E-state index is 8.44. The molecule has 1 aromatic heterocycles. The molecule has 1 unspecified atom stereocenters. The minimum atomic E-state index is -0.0788. The molecule has 0 aromatic carbocycles. The molecule has 0 aliphatic rings. The van der Waals surface area contributed by atoms with Gasteiger partial charge in [0, 0.05) is 18.9 Å². The SMILES string of the molecule is CC(C#N)NCc1cc[nH]c1. The third-order valence-corrected chi connectivity index (χ3v) is 1.47. The molecule has 1 rings (SSSR count). The first-order valence-electron chi connectivity index (χ1n) is 3.57. The van der Waals surface area contributed by atoms with Crippen LogP contribution in [0.3, 0.4) is 0 Å². The van der Waals surface area contributed by atoms with Crippen molar-refractivity contribution < 1.29 is 0 Å². The highest BCUT2D eigenvalue weighted by Crippen LogP contribution is 1.95. The van der Waals surface area contributed by atoms with Crippen molar-refractivity contribution in [3.63, 3.8) is 0 Å². The van der Waals surface area contributed by atoms with Crippen LogP contribution < -0.4 is 5.32 Å². The molecule has 58 valence electrons. The maximum Gasteiger partial charge on any atom is 0.0927 e. The molecule has 2 N–H and O–H groups in total. The van der Waals surface area contributed by atoms with E-state index in [2.05, 4.69) is 16.4 Å². The van der Waals surface area contributed by atoms with Crippen LogP contribution >= 0.6 is 0 Å². The minimum absolute atomic E-state index is 0.0788. The van der Waals surface area contributed by atoms with Gasteiger partial charge in [-0.2, -0.15) is 5.26 Å². The lowest BCUT2D eigenvalue weighted by atomic mass is 10.3. The Hall–Kier alpha value is -1.27. The van der Waals surface area contributed by atoms with Gasteiger partial charge in [0.2, 0.25) is 0 Å². The van der Waals surface area contributed by atoms with Gasteiger partial charge in [-0.1, -0.05) is 0 Å². The number of nitrogens with zero attached hydrogens (tertiary/aromatic N) is 1. The van der Waals surface area contributed by atoms with Crippen LogP contribution in [0.5, 0.6) is 0 Å². The van der Waals surface area contributed by atoms with Gasteiger partial charge in [-0.3, -0.25) is 5.32 Å². The van der Waals surface area contributed by atoms with Crippen LogP contribution in [0.25, 0.3) is 0 Å². The van der Waals surface area contributed by atoms with Crippen molar-refractivity contribution >= 4 is 0 Å². The third kappa shape index (κ3) is 2.44. The summed E-state index contributed by atoms with van der Waals surface area (Å²) in [4.78, 5) is 2.95. The minimum Gasteiger partial charge on any atom is -0.367 e. The number of aromatic nitrogens is 1. The van der Waals surface area contributed by atoms with E-state index < -0.39 is 0 Å². The zero-order valence-corrected chi connectivity index (χ0v) is 6.46. The van der Waals surface area contributed by atoms with Gasteiger partial charge in [0.1, 0.15) is 0 Å². The monoisotopic (exact) mass is 149 g/mol. The maximum absolute atomic E-state index is 8.44. The van der Waals surface area contributed by atoms with E-state index in [0.29, 0.717) is 0 Å². The van der Waals surface area contributed by atoms with E-state index in [4.69, 9.17) is 5.26 Å². The summed E-state index contributed by atoms with van der Waals surface area (Å²) in [6.07, 6.45) is 3.78. The normalized spacial score (nSPS) is 12.4. The highest BCUT2D eigenvalue weighted by atomic mass is 14.9. The van der Waals surface area contributed by atoms with Crippen LogP contribution in [-0.2, 0) is 6.54 Å². The number of rotatable bonds is 3. The zero-order valence-electron chi connectivity index (χ0n) is 6.46. The summed E-state index contributed by atoms with van der Waals surface area (Å²) >= 11 is 0. The summed E-state index contributed by atoms with van der Waals surface area (Å²) in [5, 5.41) is 11.5. The van der Waals surface area contributed by atoms with Gasteiger partial charge in [0.15, 0.2) is 0 Å². The number of nitrogens with one attached hydrogen (secondary N) is 2. The summed E-state index contributed by atoms with van der Waals surface area (Å²) in [6.45, 7) is 2.59. The second-order valence-electron chi connectivity index (χ2n) is 2.45. The first-order chi connectivity index (χ1) is 5.33. The Labute approximate surface area is 66.0 Å². The van der Waals surface area contributed by atoms with Gasteiger partial charge >= 0.3 is 0 Å². The Balaban J connectivity index is 2.30. The van der Waals surface area contributed by atoms with Gasteiger partial charge in [-0.15, -0.1) is 0 Å². The molecular weight excluding hydrogens is 138 g/mol. The van der Waals surface area contributed by atoms with Crippen LogP contribution in [-0.4, -0.2) is 11.0 Å². The summed E-state index contributed by atoms with van der Waals surface area (Å²) in [6, 6.07) is 4.01. The molecule has 1 aromatic rings. The average molecular weight is 149 g/mol. The fourth-order valence-electron chi connectivity index (χ4n) is 0.785. The van der Waals surface area contributed by atoms with Crippen molar-refractivity contribution in [2.24, 2.45) is 0 Å². The van der Waals surface area contributed by atoms with E-state index >= 15 is 0 Å². The first-order valence-corrected chi connectivity index (χ1v) is 3.57. The van der Waals surface area contributed by atoms with E-state index in [1.165, 1.54) is 5.56 Å². The molecule has 3 nitrogen and oxygen atoms in total. The van der Waals surface area contributed by atoms with Crippen molar-refractivity contribution in [2.45, 2.75) is 19.5 Å². The quantitative estimate of drug-likeness (QED) is 0.674. The fraction of sp³-hybridized carbons (Fsp3) is 0.375. The Morgan fingerprint density at radius 1 is 1.82 bits per heavy atom. The van der Waals surface area contributed by atoms with E-state index in [1.807, 2.05) is 25.4 Å². The molecule has 1 atom stereocenters. The molecule has 0 aliphatic heterocycles. The molecule has 0 saturated carbocycles. The Bertz CT molecular complexity index is 232. The van der Waals surface area contributed by atoms with Gasteiger partial charge in [-0.25, -0.2) is 0 Å². The standard InChI is InChI=1S/C8H11N3/c1-7(4-9)11-6-8-2-3-10-5-8/h2-3,5,7,10-11H,6H2,1H3. The molecule has 0 radical (unpaired) electrons. The second-order valence-corrected chi connectivity index (χ2v) is 2.45. The molecule has 0 saturated heterocycles. The molecule has 0 fully saturated rings. The third-order valence-electron chi connectivity index (χ3n) is 1.47. The van der Waals surface area contributed by atoms with Crippen molar-refractivity contribution in [1.29, 1.82) is 5.26 Å². The van der Waals surface area contributed by atoms with Gasteiger partial charge in [0.25, 0.3) is 0 Å². The highest BCUT2D eigenvalue weighted by Gasteiger charge is 1.97. The average Bonchev–Trinajstić information content (AvgIpc) is 2.52. The molecule has 0 aliphatic carbocycles. The largest absolute Gasteiger partial charge is 0.367 e. The molecule has 3 heteroatoms. The number of hydrogen-bond acceptors (Lipinski definition) is 2. The Kier molecular flexibility index (Phi) is 2.70. The Morgan fingerprint density at radius 2 is 2.64 bits per heavy atom. The topological polar surface area (TPSA) is 51.6 Å². The molecule has 0 amide bonds. The van der Waals surface area contributed by atoms with Crippen LogP contribution in [0.15, 0.2) is 18.5 Å². The fourth-order valence-corrected chi connectivity index (χ4v) is 0.785. The van der Waals surface area contributed by atoms with E-state index in [1.54, 1.807) is 0 Å². The van der Waals surface area contributed by atoms with Gasteiger partial charge in [-0.05, 0) is 18.6 Å². The van der Waals surface area contributed by atoms with Gasteiger partial charge in [0.05, 0.1) is 12.1 Å². The molecule has 0 bridgehead atoms. The van der Waals surface area contributed by atoms with Crippen molar-refractivity contribution in [1.82, 2.24) is 10.3 Å². The highest BCUT2D eigenvalue weighted by molar-refractivity contribution is 5.08. The summed E-state index contributed by atoms with van der Waals surface area (Å²) in [7, 11) is 0. The van der Waals surface area contributed by atoms with E-state index in [9.17, 15) is 0 Å². The van der Waals surface area contributed by atoms with E-state index in [-0.39, 0.29) is 6.04 Å². The smallest absolute Gasteiger partial charge is 0.0927 e. The number of H-pyrrole nitrogens is 1. The molecule has 1 heterocycles. The van der Waals surface area contributed by atoms with Crippen LogP contribution in [0.4, 0.5) is 0 Å². The lowest BCUT2D eigenvalue weighted by Crippen LogP contribution is -2.23. The predicted molar refractivity (Wildman–Crippen MR) is 42.7 cm³/mol. The second kappa shape index (κ2) is 3.79. The number of hydrogen-bond donors (Lipinski definition) is 2. The molecule has 11 heavy (non-hydrogen) atoms. The number of nitriles is 1. The lowest BCUT2D eigenvalue weighted by Gasteiger charge is -2.02. The van der Waals surface area contributed by atoms with Crippen molar-refractivity contribution in [3.8, 4) is 6.07 Å². The Morgan fingerprint density at radius 3 is 3.18 bits per heavy atom. The summed E-state index contributed by atoms with van der Waals surface area (Å²) in [5.41, 5.74) is 1.17. The summed E-state index contributed by atoms with van der Waals surface area (Å²) in [5.74, 6) is 0. The predicted octanol–water partition coefficient (Wildman–Crippen LogP) is 1.02. The first kappa shape index (κ1) is 7.83. The molecular formula is C8H11N3. The zero-order chi connectivity index (χ0) is 8.10. The van der Waals surface area contributed by atoms with Crippen molar-refractivity contribution in [3.05, 3.63) is 24.0 Å². The van der Waals surface area contributed by atoms with Gasteiger partial charge < -0.3 is 4.98 Å². The van der Waals surface area contributed by atoms with Crippen LogP contribution in [0.1, 0.15) is 12.5 Å². The van der Waals surface area contributed by atoms with E-state index in [0.717, 1.165) is 6.54 Å². The number of aromatic amines is 1. The molecule has 0 spiro atoms. The van der Waals surface area contributed by atoms with Crippen LogP contribution in [0, 0.1) is 11.3 Å².